The molecule has 0 aliphatic carbocycles. The molecule has 2 aliphatic rings. The van der Waals surface area contributed by atoms with Gasteiger partial charge in [-0.1, -0.05) is 5.16 Å². The Morgan fingerprint density at radius 2 is 2.07 bits per heavy atom. The van der Waals surface area contributed by atoms with Gasteiger partial charge in [-0.05, 0) is 31.2 Å². The Labute approximate surface area is 243 Å². The summed E-state index contributed by atoms with van der Waals surface area (Å²) in [7, 11) is 1.52. The van der Waals surface area contributed by atoms with E-state index in [1.807, 2.05) is 0 Å². The number of aromatic hydroxyl groups is 1. The second-order valence-electron chi connectivity index (χ2n) is 9.18. The average Bonchev–Trinajstić information content (AvgIpc) is 3.33. The van der Waals surface area contributed by atoms with E-state index in [2.05, 4.69) is 20.4 Å². The van der Waals surface area contributed by atoms with Crippen molar-refractivity contribution >= 4 is 69.5 Å². The molecule has 1 fully saturated rings. The lowest BCUT2D eigenvalue weighted by atomic mass is 10.0. The lowest BCUT2D eigenvalue weighted by molar-refractivity contribution is -0.718. The number of rotatable bonds is 10. The molecule has 4 heterocycles. The molecule has 2 aromatic rings. The fraction of sp³-hybridized carbons (Fsp3) is 0.364. The zero-order chi connectivity index (χ0) is 30.2. The van der Waals surface area contributed by atoms with Gasteiger partial charge in [0.05, 0.1) is 7.05 Å². The molecule has 0 aromatic carbocycles. The van der Waals surface area contributed by atoms with Crippen LogP contribution in [0.4, 0.5) is 5.13 Å². The number of aromatic nitrogens is 3. The highest BCUT2D eigenvalue weighted by atomic mass is 32.2. The van der Waals surface area contributed by atoms with Crippen molar-refractivity contribution in [2.75, 3.05) is 17.2 Å². The summed E-state index contributed by atoms with van der Waals surface area (Å²) in [6.45, 7) is 2.45. The van der Waals surface area contributed by atoms with E-state index in [0.29, 0.717) is 5.57 Å². The molecule has 2 aliphatic heterocycles. The summed E-state index contributed by atoms with van der Waals surface area (Å²) < 4.78 is 1.32. The van der Waals surface area contributed by atoms with E-state index in [1.165, 1.54) is 42.6 Å². The third kappa shape index (κ3) is 6.00. The molecule has 1 saturated heterocycles. The van der Waals surface area contributed by atoms with E-state index in [1.54, 1.807) is 0 Å². The summed E-state index contributed by atoms with van der Waals surface area (Å²) in [5, 5.41) is 36.3. The van der Waals surface area contributed by atoms with Crippen molar-refractivity contribution < 1.29 is 43.9 Å². The van der Waals surface area contributed by atoms with E-state index < -0.39 is 52.0 Å². The number of H-pyrrole nitrogens is 1. The van der Waals surface area contributed by atoms with Crippen molar-refractivity contribution in [3.05, 3.63) is 38.8 Å². The van der Waals surface area contributed by atoms with Crippen LogP contribution < -0.4 is 21.2 Å². The number of thioether (sulfide) groups is 2. The van der Waals surface area contributed by atoms with E-state index in [0.717, 1.165) is 34.1 Å². The van der Waals surface area contributed by atoms with Gasteiger partial charge < -0.3 is 31.2 Å². The van der Waals surface area contributed by atoms with Crippen LogP contribution in [0, 0.1) is 0 Å². The number of carbonyl (C=O) groups is 4. The minimum Gasteiger partial charge on any atom is -0.478 e. The molecular formula is C22H24N7O9S3+. The maximum atomic E-state index is 13.2. The quantitative estimate of drug-likeness (QED) is 0.0466. The molecule has 2 aromatic heterocycles. The Kier molecular flexibility index (Phi) is 8.31. The van der Waals surface area contributed by atoms with Gasteiger partial charge in [0.15, 0.2) is 10.8 Å². The van der Waals surface area contributed by atoms with Crippen molar-refractivity contribution in [3.63, 3.8) is 0 Å². The topological polar surface area (TPSA) is 241 Å². The summed E-state index contributed by atoms with van der Waals surface area (Å²) >= 11 is 3.30. The zero-order valence-electron chi connectivity index (χ0n) is 21.6. The summed E-state index contributed by atoms with van der Waals surface area (Å²) in [4.78, 5) is 74.3. The number of fused-ring (bicyclic) bond motifs is 1. The first kappa shape index (κ1) is 29.9. The number of carboxylic acids is 2. The summed E-state index contributed by atoms with van der Waals surface area (Å²) in [5.74, 6) is -4.27. The summed E-state index contributed by atoms with van der Waals surface area (Å²) in [6.07, 6.45) is 0. The maximum Gasteiger partial charge on any atom is 0.352 e. The number of amides is 2. The highest BCUT2D eigenvalue weighted by molar-refractivity contribution is 8.01. The monoisotopic (exact) mass is 626 g/mol. The SMILES string of the molecule is C[n+]1c(O)cc(=O)[nH]c1SCC1=C(C(=O)O)N2C(=O)C(NC(=O)/C(=N\OC(C)(C)C(=O)O)c3csc(N)n3)C2SC1. The van der Waals surface area contributed by atoms with E-state index in [9.17, 15) is 39.3 Å². The third-order valence-corrected chi connectivity index (χ3v) is 9.07. The molecule has 2 amide bonds. The number of nitrogen functional groups attached to an aromatic ring is 1. The van der Waals surface area contributed by atoms with E-state index >= 15 is 0 Å². The van der Waals surface area contributed by atoms with E-state index in [-0.39, 0.29) is 39.1 Å². The number of hydrogen-bond acceptors (Lipinski definition) is 13. The highest BCUT2D eigenvalue weighted by Gasteiger charge is 2.54. The zero-order valence-corrected chi connectivity index (χ0v) is 24.1. The maximum absolute atomic E-state index is 13.2. The van der Waals surface area contributed by atoms with Gasteiger partial charge in [-0.15, -0.1) is 23.1 Å². The number of anilines is 1. The summed E-state index contributed by atoms with van der Waals surface area (Å²) in [6, 6.07) is -0.122. The minimum atomic E-state index is -1.78. The van der Waals surface area contributed by atoms with Crippen LogP contribution in [-0.4, -0.2) is 88.2 Å². The molecule has 16 nitrogen and oxygen atoms in total. The predicted octanol–water partition coefficient (Wildman–Crippen LogP) is -0.941. The lowest BCUT2D eigenvalue weighted by Gasteiger charge is -2.49. The third-order valence-electron chi connectivity index (χ3n) is 5.92. The van der Waals surface area contributed by atoms with Gasteiger partial charge in [0.25, 0.3) is 17.7 Å². The van der Waals surface area contributed by atoms with Gasteiger partial charge in [-0.2, -0.15) is 4.57 Å². The van der Waals surface area contributed by atoms with Crippen molar-refractivity contribution in [2.24, 2.45) is 12.2 Å². The molecule has 0 radical (unpaired) electrons. The van der Waals surface area contributed by atoms with Crippen molar-refractivity contribution in [2.45, 2.75) is 36.0 Å². The Hall–Kier alpha value is -4.10. The molecular weight excluding hydrogens is 602 g/mol. The molecule has 0 spiro atoms. The molecule has 2 unspecified atom stereocenters. The van der Waals surface area contributed by atoms with Gasteiger partial charge in [-0.25, -0.2) is 24.4 Å². The molecule has 19 heteroatoms. The molecule has 0 bridgehead atoms. The largest absolute Gasteiger partial charge is 0.478 e. The Morgan fingerprint density at radius 3 is 2.68 bits per heavy atom. The van der Waals surface area contributed by atoms with Crippen molar-refractivity contribution in [1.29, 1.82) is 0 Å². The fourth-order valence-corrected chi connectivity index (χ4v) is 6.67. The number of nitrogens with one attached hydrogen (secondary N) is 2. The number of β-lactam (4-membered cyclic amide) rings is 1. The number of hydrogen-bond donors (Lipinski definition) is 6. The van der Waals surface area contributed by atoms with Gasteiger partial charge in [0.2, 0.25) is 5.60 Å². The van der Waals surface area contributed by atoms with Gasteiger partial charge in [0, 0.05) is 16.9 Å². The van der Waals surface area contributed by atoms with Crippen LogP contribution in [0.2, 0.25) is 0 Å². The Balaban J connectivity index is 1.54. The van der Waals surface area contributed by atoms with Crippen LogP contribution in [0.5, 0.6) is 5.88 Å². The van der Waals surface area contributed by atoms with Crippen LogP contribution in [0.15, 0.2) is 37.8 Å². The lowest BCUT2D eigenvalue weighted by Crippen LogP contribution is -2.71. The van der Waals surface area contributed by atoms with Crippen LogP contribution in [0.3, 0.4) is 0 Å². The second kappa shape index (κ2) is 11.4. The first-order chi connectivity index (χ1) is 19.2. The standard InChI is InChI=1S/C22H23N7O9S3/c1-22(2,19(36)37)38-27-12(9-7-40-20(23)24-9)15(32)26-13-16(33)29-14(18(34)35)8(5-39-17(13)29)6-41-21-25-10(30)4-11(31)28(21)3/h4,7,13,17H,5-6H2,1-3H3,(H6,23,24,26,30,31,32,34,35,36,37)/p+1/b27-12-. The van der Waals surface area contributed by atoms with Gasteiger partial charge >= 0.3 is 22.7 Å². The van der Waals surface area contributed by atoms with Crippen LogP contribution >= 0.6 is 34.9 Å². The predicted molar refractivity (Wildman–Crippen MR) is 146 cm³/mol. The van der Waals surface area contributed by atoms with Crippen molar-refractivity contribution in [1.82, 2.24) is 20.2 Å². The number of nitrogens with zero attached hydrogens (tertiary/aromatic N) is 4. The van der Waals surface area contributed by atoms with Gasteiger partial charge in [0.1, 0.15) is 28.9 Å². The average molecular weight is 627 g/mol. The van der Waals surface area contributed by atoms with Gasteiger partial charge in [-0.3, -0.25) is 14.5 Å². The number of carboxylic acid groups (broad SMARTS) is 2. The minimum absolute atomic E-state index is 0.00491. The summed E-state index contributed by atoms with van der Waals surface area (Å²) in [5.41, 5.74) is 3.08. The fourth-order valence-electron chi connectivity index (χ4n) is 3.64. The normalized spacial score (nSPS) is 19.0. The number of aromatic amines is 1. The first-order valence-electron chi connectivity index (χ1n) is 11.6. The second-order valence-corrected chi connectivity index (χ2v) is 12.1. The van der Waals surface area contributed by atoms with E-state index in [4.69, 9.17) is 10.6 Å². The molecule has 0 saturated carbocycles. The van der Waals surface area contributed by atoms with Crippen LogP contribution in [-0.2, 0) is 31.1 Å². The number of aliphatic carboxylic acids is 2. The first-order valence-corrected chi connectivity index (χ1v) is 14.5. The molecule has 218 valence electrons. The van der Waals surface area contributed by atoms with Crippen LogP contribution in [0.1, 0.15) is 19.5 Å². The molecule has 2 atom stereocenters. The molecule has 7 N–H and O–H groups in total. The number of carbonyl (C=O) groups excluding carboxylic acids is 2. The number of oxime groups is 1. The molecule has 41 heavy (non-hydrogen) atoms. The highest BCUT2D eigenvalue weighted by Crippen LogP contribution is 2.41. The Bertz CT molecular complexity index is 1570. The van der Waals surface area contributed by atoms with Crippen molar-refractivity contribution in [3.8, 4) is 5.88 Å². The van der Waals surface area contributed by atoms with Crippen LogP contribution in [0.25, 0.3) is 0 Å². The Morgan fingerprint density at radius 1 is 1.37 bits per heavy atom. The number of nitrogens with two attached hydrogens (primary N) is 1. The smallest absolute Gasteiger partial charge is 0.352 e. The number of thiazole rings is 1. The molecule has 4 rings (SSSR count).